The van der Waals surface area contributed by atoms with Crippen LogP contribution in [0.25, 0.3) is 10.9 Å². The second kappa shape index (κ2) is 11.0. The van der Waals surface area contributed by atoms with Gasteiger partial charge in [0.25, 0.3) is 0 Å². The van der Waals surface area contributed by atoms with Crippen LogP contribution in [0.3, 0.4) is 0 Å². The summed E-state index contributed by atoms with van der Waals surface area (Å²) in [4.78, 5) is 23.3. The summed E-state index contributed by atoms with van der Waals surface area (Å²) in [5, 5.41) is 9.64. The SMILES string of the molecule is CC[C@H]1CN(C)[C@H]2Cc3c([nH]c4ccccc34)/C(=N/NC(=S)NCc3cccnc3)C[C@H]1[C@@H]2C(=O)OC. The van der Waals surface area contributed by atoms with Gasteiger partial charge in [-0.05, 0) is 67.2 Å². The number of likely N-dealkylation sites (N-methyl/N-ethyl adjacent to an activating group) is 1. The maximum Gasteiger partial charge on any atom is 0.310 e. The second-order valence-electron chi connectivity index (χ2n) is 10.0. The summed E-state index contributed by atoms with van der Waals surface area (Å²) in [6, 6.07) is 12.3. The molecule has 0 spiro atoms. The van der Waals surface area contributed by atoms with Gasteiger partial charge in [-0.15, -0.1) is 0 Å². The highest BCUT2D eigenvalue weighted by molar-refractivity contribution is 7.80. The van der Waals surface area contributed by atoms with E-state index in [4.69, 9.17) is 22.1 Å². The van der Waals surface area contributed by atoms with Crippen molar-refractivity contribution in [3.05, 3.63) is 65.6 Å². The molecule has 194 valence electrons. The Morgan fingerprint density at radius 3 is 2.86 bits per heavy atom. The highest BCUT2D eigenvalue weighted by Crippen LogP contribution is 2.42. The van der Waals surface area contributed by atoms with E-state index in [-0.39, 0.29) is 23.8 Å². The molecule has 1 saturated heterocycles. The molecular formula is C28H34N6O2S. The number of H-pyrrole nitrogens is 1. The Bertz CT molecular complexity index is 1310. The van der Waals surface area contributed by atoms with Crippen LogP contribution < -0.4 is 10.7 Å². The minimum Gasteiger partial charge on any atom is -0.469 e. The van der Waals surface area contributed by atoms with E-state index in [2.05, 4.69) is 57.8 Å². The van der Waals surface area contributed by atoms with Crippen LogP contribution >= 0.6 is 12.2 Å². The van der Waals surface area contributed by atoms with E-state index < -0.39 is 0 Å². The third-order valence-electron chi connectivity index (χ3n) is 7.98. The summed E-state index contributed by atoms with van der Waals surface area (Å²) < 4.78 is 5.36. The Kier molecular flexibility index (Phi) is 7.53. The lowest BCUT2D eigenvalue weighted by atomic mass is 9.67. The topological polar surface area (TPSA) is 94.6 Å². The molecule has 37 heavy (non-hydrogen) atoms. The van der Waals surface area contributed by atoms with Gasteiger partial charge < -0.3 is 19.9 Å². The van der Waals surface area contributed by atoms with Crippen LogP contribution in [-0.4, -0.2) is 58.4 Å². The Labute approximate surface area is 222 Å². The second-order valence-corrected chi connectivity index (χ2v) is 10.4. The number of likely N-dealkylation sites (tertiary alicyclic amines) is 1. The molecule has 0 saturated carbocycles. The number of ether oxygens (including phenoxy) is 1. The zero-order valence-corrected chi connectivity index (χ0v) is 22.3. The monoisotopic (exact) mass is 518 g/mol. The van der Waals surface area contributed by atoms with Gasteiger partial charge >= 0.3 is 5.97 Å². The lowest BCUT2D eigenvalue weighted by Gasteiger charge is -2.48. The number of hydrogen-bond acceptors (Lipinski definition) is 6. The van der Waals surface area contributed by atoms with E-state index in [9.17, 15) is 4.79 Å². The van der Waals surface area contributed by atoms with E-state index >= 15 is 0 Å². The molecule has 1 aliphatic carbocycles. The predicted molar refractivity (Wildman–Crippen MR) is 149 cm³/mol. The van der Waals surface area contributed by atoms with E-state index in [1.165, 1.54) is 12.7 Å². The molecule has 1 aliphatic heterocycles. The first kappa shape index (κ1) is 25.4. The first-order valence-electron chi connectivity index (χ1n) is 12.9. The number of carbonyl (C=O) groups is 1. The zero-order chi connectivity index (χ0) is 25.9. The average Bonchev–Trinajstić information content (AvgIpc) is 3.28. The van der Waals surface area contributed by atoms with Crippen molar-refractivity contribution in [1.29, 1.82) is 0 Å². The van der Waals surface area contributed by atoms with Gasteiger partial charge in [-0.1, -0.05) is 37.6 Å². The lowest BCUT2D eigenvalue weighted by molar-refractivity contribution is -0.154. The van der Waals surface area contributed by atoms with Crippen LogP contribution in [-0.2, 0) is 22.5 Å². The number of pyridine rings is 1. The van der Waals surface area contributed by atoms with E-state index in [0.29, 0.717) is 24.0 Å². The van der Waals surface area contributed by atoms with Crippen LogP contribution in [0.1, 0.15) is 36.6 Å². The number of para-hydroxylation sites is 1. The summed E-state index contributed by atoms with van der Waals surface area (Å²) in [5.41, 5.74) is 8.26. The van der Waals surface area contributed by atoms with Gasteiger partial charge in [0.05, 0.1) is 24.4 Å². The van der Waals surface area contributed by atoms with Crippen molar-refractivity contribution in [2.45, 2.75) is 38.8 Å². The van der Waals surface area contributed by atoms with E-state index in [0.717, 1.165) is 47.3 Å². The fourth-order valence-electron chi connectivity index (χ4n) is 6.11. The maximum atomic E-state index is 13.2. The Morgan fingerprint density at radius 2 is 2.11 bits per heavy atom. The van der Waals surface area contributed by atoms with Gasteiger partial charge in [0, 0.05) is 42.4 Å². The Hall–Kier alpha value is -3.30. The number of thiocarbonyl (C=S) groups is 1. The number of aromatic amines is 1. The molecule has 4 atom stereocenters. The number of nitrogens with zero attached hydrogens (tertiary/aromatic N) is 3. The van der Waals surface area contributed by atoms with Crippen LogP contribution in [0.5, 0.6) is 0 Å². The minimum absolute atomic E-state index is 0.0648. The maximum absolute atomic E-state index is 13.2. The van der Waals surface area contributed by atoms with Gasteiger partial charge in [-0.3, -0.25) is 15.2 Å². The third kappa shape index (κ3) is 5.10. The molecule has 2 bridgehead atoms. The highest BCUT2D eigenvalue weighted by Gasteiger charge is 2.48. The smallest absolute Gasteiger partial charge is 0.310 e. The zero-order valence-electron chi connectivity index (χ0n) is 21.5. The van der Waals surface area contributed by atoms with Crippen molar-refractivity contribution in [2.75, 3.05) is 20.7 Å². The molecule has 0 amide bonds. The van der Waals surface area contributed by atoms with Crippen molar-refractivity contribution in [1.82, 2.24) is 25.6 Å². The lowest BCUT2D eigenvalue weighted by Crippen LogP contribution is -2.56. The van der Waals surface area contributed by atoms with Gasteiger partial charge in [0.1, 0.15) is 0 Å². The summed E-state index contributed by atoms with van der Waals surface area (Å²) in [6.45, 7) is 3.71. The summed E-state index contributed by atoms with van der Waals surface area (Å²) in [6.07, 6.45) is 5.94. The van der Waals surface area contributed by atoms with E-state index in [1.54, 1.807) is 12.4 Å². The molecule has 3 heterocycles. The number of benzene rings is 1. The molecule has 1 fully saturated rings. The van der Waals surface area contributed by atoms with Gasteiger partial charge in [-0.2, -0.15) is 5.10 Å². The Morgan fingerprint density at radius 1 is 1.27 bits per heavy atom. The van der Waals surface area contributed by atoms with Crippen molar-refractivity contribution < 1.29 is 9.53 Å². The summed E-state index contributed by atoms with van der Waals surface area (Å²) in [5.74, 6) is 0.119. The number of fused-ring (bicyclic) bond motifs is 5. The number of hydrogen-bond donors (Lipinski definition) is 3. The average molecular weight is 519 g/mol. The number of carbonyl (C=O) groups excluding carboxylic acids is 1. The van der Waals surface area contributed by atoms with Crippen molar-refractivity contribution >= 4 is 39.9 Å². The molecule has 8 nitrogen and oxygen atoms in total. The number of esters is 1. The number of nitrogens with one attached hydrogen (secondary N) is 3. The normalized spacial score (nSPS) is 24.7. The van der Waals surface area contributed by atoms with Gasteiger partial charge in [-0.25, -0.2) is 0 Å². The fraction of sp³-hybridized carbons (Fsp3) is 0.429. The first-order valence-corrected chi connectivity index (χ1v) is 13.3. The molecule has 0 unspecified atom stereocenters. The summed E-state index contributed by atoms with van der Waals surface area (Å²) in [7, 11) is 3.64. The molecule has 3 aromatic rings. The fourth-order valence-corrected chi connectivity index (χ4v) is 6.22. The first-order chi connectivity index (χ1) is 18.0. The Balaban J connectivity index is 1.52. The van der Waals surface area contributed by atoms with Crippen LogP contribution in [0, 0.1) is 17.8 Å². The molecule has 2 aliphatic rings. The minimum atomic E-state index is -0.226. The van der Waals surface area contributed by atoms with Crippen molar-refractivity contribution in [3.8, 4) is 0 Å². The number of piperidine rings is 1. The van der Waals surface area contributed by atoms with Crippen LogP contribution in [0.2, 0.25) is 0 Å². The number of hydrazone groups is 1. The number of rotatable bonds is 5. The van der Waals surface area contributed by atoms with E-state index in [1.807, 2.05) is 18.2 Å². The number of aromatic nitrogens is 2. The molecule has 3 N–H and O–H groups in total. The molecule has 0 radical (unpaired) electrons. The van der Waals surface area contributed by atoms with Gasteiger partial charge in [0.2, 0.25) is 0 Å². The molecule has 5 rings (SSSR count). The van der Waals surface area contributed by atoms with Crippen LogP contribution in [0.15, 0.2) is 53.9 Å². The van der Waals surface area contributed by atoms with Crippen molar-refractivity contribution in [3.63, 3.8) is 0 Å². The third-order valence-corrected chi connectivity index (χ3v) is 8.22. The predicted octanol–water partition coefficient (Wildman–Crippen LogP) is 3.62. The quantitative estimate of drug-likeness (QED) is 0.270. The number of methoxy groups -OCH3 is 1. The summed E-state index contributed by atoms with van der Waals surface area (Å²) >= 11 is 5.54. The van der Waals surface area contributed by atoms with Crippen LogP contribution in [0.4, 0.5) is 0 Å². The molecule has 1 aromatic carbocycles. The van der Waals surface area contributed by atoms with Gasteiger partial charge in [0.15, 0.2) is 5.11 Å². The molecule has 2 aromatic heterocycles. The molecular weight excluding hydrogens is 484 g/mol. The van der Waals surface area contributed by atoms with Crippen molar-refractivity contribution in [2.24, 2.45) is 22.9 Å². The molecule has 9 heteroatoms. The highest BCUT2D eigenvalue weighted by atomic mass is 32.1. The largest absolute Gasteiger partial charge is 0.469 e. The standard InChI is InChI=1S/C28H34N6O2S/c1-4-18-16-34(2)24-13-21-19-9-5-6-10-22(19)31-26(21)23(12-20(18)25(24)27(35)36-3)32-33-28(37)30-15-17-8-7-11-29-14-17/h5-11,14,18,20,24-25,31H,4,12-13,15-16H2,1-3H3,(H2,30,33,37)/b32-23+/t18-,20+,24-,25-/m0/s1.